The lowest BCUT2D eigenvalue weighted by atomic mass is 10.3. The van der Waals surface area contributed by atoms with Gasteiger partial charge in [0, 0.05) is 38.1 Å². The van der Waals surface area contributed by atoms with Gasteiger partial charge in [-0.05, 0) is 55.0 Å². The maximum Gasteiger partial charge on any atom is 0.321 e. The third-order valence-corrected chi connectivity index (χ3v) is 5.52. The molecule has 5 rings (SSSR count). The number of anilines is 2. The summed E-state index contributed by atoms with van der Waals surface area (Å²) >= 11 is 0. The molecule has 1 aliphatic heterocycles. The summed E-state index contributed by atoms with van der Waals surface area (Å²) in [5, 5.41) is 2.85. The van der Waals surface area contributed by atoms with Gasteiger partial charge in [-0.1, -0.05) is 12.1 Å². The summed E-state index contributed by atoms with van der Waals surface area (Å²) in [6.45, 7) is 2.78. The van der Waals surface area contributed by atoms with Gasteiger partial charge in [-0.15, -0.1) is 0 Å². The van der Waals surface area contributed by atoms with E-state index in [1.807, 2.05) is 24.3 Å². The molecule has 4 aromatic rings. The Morgan fingerprint density at radius 1 is 0.900 bits per heavy atom. The van der Waals surface area contributed by atoms with Crippen molar-refractivity contribution in [1.82, 2.24) is 14.3 Å². The normalized spacial score (nSPS) is 14.8. The highest BCUT2D eigenvalue weighted by Gasteiger charge is 2.22. The molecular weight excluding hydrogens is 381 g/mol. The predicted molar refractivity (Wildman–Crippen MR) is 117 cm³/mol. The molecule has 2 aromatic carbocycles. The van der Waals surface area contributed by atoms with E-state index >= 15 is 0 Å². The van der Waals surface area contributed by atoms with Crippen LogP contribution in [-0.2, 0) is 0 Å². The van der Waals surface area contributed by atoms with E-state index in [0.29, 0.717) is 25.3 Å². The summed E-state index contributed by atoms with van der Waals surface area (Å²) in [6.07, 6.45) is 2.90. The quantitative estimate of drug-likeness (QED) is 0.541. The fourth-order valence-corrected chi connectivity index (χ4v) is 4.01. The number of nitrogens with zero attached hydrogens (tertiary/aromatic N) is 4. The SMILES string of the molecule is O=C(Nc1ccc(F)cc1)N1CCCN(c2nc3ccccc3n3cccc23)CC1. The summed E-state index contributed by atoms with van der Waals surface area (Å²) in [5.74, 6) is 0.623. The zero-order valence-electron chi connectivity index (χ0n) is 16.5. The first-order chi connectivity index (χ1) is 14.7. The Hall–Kier alpha value is -3.61. The summed E-state index contributed by atoms with van der Waals surface area (Å²) in [7, 11) is 0. The minimum absolute atomic E-state index is 0.164. The third kappa shape index (κ3) is 3.43. The molecule has 1 fully saturated rings. The molecule has 0 unspecified atom stereocenters. The molecule has 1 saturated heterocycles. The summed E-state index contributed by atoms with van der Waals surface area (Å²) < 4.78 is 15.3. The van der Waals surface area contributed by atoms with Crippen molar-refractivity contribution in [2.75, 3.05) is 36.4 Å². The van der Waals surface area contributed by atoms with Crippen LogP contribution >= 0.6 is 0 Å². The van der Waals surface area contributed by atoms with Gasteiger partial charge in [-0.3, -0.25) is 0 Å². The number of para-hydroxylation sites is 2. The van der Waals surface area contributed by atoms with E-state index in [4.69, 9.17) is 4.98 Å². The van der Waals surface area contributed by atoms with E-state index in [2.05, 4.69) is 32.9 Å². The summed E-state index contributed by atoms with van der Waals surface area (Å²) in [5.41, 5.74) is 3.69. The minimum atomic E-state index is -0.321. The van der Waals surface area contributed by atoms with Gasteiger partial charge in [0.25, 0.3) is 0 Å². The zero-order chi connectivity index (χ0) is 20.5. The smallest absolute Gasteiger partial charge is 0.321 e. The van der Waals surface area contributed by atoms with Crippen molar-refractivity contribution in [3.63, 3.8) is 0 Å². The van der Waals surface area contributed by atoms with Crippen molar-refractivity contribution in [2.24, 2.45) is 0 Å². The Morgan fingerprint density at radius 3 is 2.57 bits per heavy atom. The minimum Gasteiger partial charge on any atom is -0.353 e. The Kier molecular flexibility index (Phi) is 4.71. The highest BCUT2D eigenvalue weighted by atomic mass is 19.1. The lowest BCUT2D eigenvalue weighted by molar-refractivity contribution is 0.215. The number of halogens is 1. The number of amides is 2. The molecule has 3 heterocycles. The van der Waals surface area contributed by atoms with Gasteiger partial charge < -0.3 is 19.5 Å². The van der Waals surface area contributed by atoms with Crippen molar-refractivity contribution < 1.29 is 9.18 Å². The molecule has 152 valence electrons. The van der Waals surface area contributed by atoms with Crippen molar-refractivity contribution in [2.45, 2.75) is 6.42 Å². The molecule has 0 bridgehead atoms. The van der Waals surface area contributed by atoms with E-state index in [0.717, 1.165) is 35.3 Å². The first-order valence-electron chi connectivity index (χ1n) is 10.1. The number of hydrogen-bond donors (Lipinski definition) is 1. The number of hydrogen-bond acceptors (Lipinski definition) is 3. The molecule has 0 saturated carbocycles. The molecule has 0 radical (unpaired) electrons. The van der Waals surface area contributed by atoms with Crippen LogP contribution in [0.5, 0.6) is 0 Å². The van der Waals surface area contributed by atoms with Crippen LogP contribution in [0.15, 0.2) is 66.9 Å². The van der Waals surface area contributed by atoms with Gasteiger partial charge in [-0.2, -0.15) is 0 Å². The van der Waals surface area contributed by atoms with Crippen LogP contribution in [0.4, 0.5) is 20.7 Å². The molecule has 0 spiro atoms. The molecule has 1 N–H and O–H groups in total. The summed E-state index contributed by atoms with van der Waals surface area (Å²) in [6, 6.07) is 17.9. The third-order valence-electron chi connectivity index (χ3n) is 5.52. The number of urea groups is 1. The Bertz CT molecular complexity index is 1200. The molecule has 2 amide bonds. The monoisotopic (exact) mass is 403 g/mol. The molecule has 7 heteroatoms. The molecule has 1 aliphatic rings. The molecule has 6 nitrogen and oxygen atoms in total. The van der Waals surface area contributed by atoms with Crippen LogP contribution in [0.3, 0.4) is 0 Å². The average molecular weight is 403 g/mol. The van der Waals surface area contributed by atoms with E-state index < -0.39 is 0 Å². The van der Waals surface area contributed by atoms with Crippen LogP contribution in [0.25, 0.3) is 16.6 Å². The van der Waals surface area contributed by atoms with E-state index in [-0.39, 0.29) is 11.8 Å². The van der Waals surface area contributed by atoms with E-state index in [1.165, 1.54) is 12.1 Å². The molecule has 2 aromatic heterocycles. The molecular formula is C23H22FN5O. The van der Waals surface area contributed by atoms with Gasteiger partial charge in [0.15, 0.2) is 5.82 Å². The number of aromatic nitrogens is 2. The van der Waals surface area contributed by atoms with Gasteiger partial charge >= 0.3 is 6.03 Å². The van der Waals surface area contributed by atoms with Crippen LogP contribution in [-0.4, -0.2) is 46.5 Å². The van der Waals surface area contributed by atoms with Crippen molar-refractivity contribution in [3.8, 4) is 0 Å². The van der Waals surface area contributed by atoms with Crippen LogP contribution in [0.2, 0.25) is 0 Å². The Labute approximate surface area is 173 Å². The zero-order valence-corrected chi connectivity index (χ0v) is 16.5. The largest absolute Gasteiger partial charge is 0.353 e. The number of rotatable bonds is 2. The highest BCUT2D eigenvalue weighted by molar-refractivity contribution is 5.89. The lowest BCUT2D eigenvalue weighted by Gasteiger charge is -2.24. The van der Waals surface area contributed by atoms with Crippen molar-refractivity contribution >= 4 is 34.1 Å². The maximum absolute atomic E-state index is 13.1. The number of carbonyl (C=O) groups excluding carboxylic acids is 1. The van der Waals surface area contributed by atoms with E-state index in [9.17, 15) is 9.18 Å². The molecule has 30 heavy (non-hydrogen) atoms. The number of fused-ring (bicyclic) bond motifs is 3. The second kappa shape index (κ2) is 7.67. The summed E-state index contributed by atoms with van der Waals surface area (Å²) in [4.78, 5) is 21.7. The standard InChI is InChI=1S/C23H22FN5O/c24-17-8-10-18(11-9-17)25-23(30)28-13-4-12-27(15-16-28)22-21-7-3-14-29(21)20-6-2-1-5-19(20)26-22/h1-3,5-11,14H,4,12-13,15-16H2,(H,25,30). The van der Waals surface area contributed by atoms with Crippen LogP contribution < -0.4 is 10.2 Å². The number of carbonyl (C=O) groups is 1. The van der Waals surface area contributed by atoms with Crippen LogP contribution in [0.1, 0.15) is 6.42 Å². The second-order valence-corrected chi connectivity index (χ2v) is 7.45. The van der Waals surface area contributed by atoms with Crippen molar-refractivity contribution in [1.29, 1.82) is 0 Å². The maximum atomic E-state index is 13.1. The Balaban J connectivity index is 1.36. The van der Waals surface area contributed by atoms with Gasteiger partial charge in [-0.25, -0.2) is 14.2 Å². The van der Waals surface area contributed by atoms with Crippen LogP contribution in [0, 0.1) is 5.82 Å². The van der Waals surface area contributed by atoms with Crippen molar-refractivity contribution in [3.05, 3.63) is 72.7 Å². The first-order valence-corrected chi connectivity index (χ1v) is 10.1. The number of benzene rings is 2. The second-order valence-electron chi connectivity index (χ2n) is 7.45. The highest BCUT2D eigenvalue weighted by Crippen LogP contribution is 2.26. The fraction of sp³-hybridized carbons (Fsp3) is 0.217. The predicted octanol–water partition coefficient (Wildman–Crippen LogP) is 4.37. The van der Waals surface area contributed by atoms with Gasteiger partial charge in [0.1, 0.15) is 5.82 Å². The first kappa shape index (κ1) is 18.4. The molecule has 0 atom stereocenters. The Morgan fingerprint density at radius 2 is 1.70 bits per heavy atom. The lowest BCUT2D eigenvalue weighted by Crippen LogP contribution is -2.38. The van der Waals surface area contributed by atoms with Gasteiger partial charge in [0.05, 0.1) is 16.6 Å². The number of nitrogens with one attached hydrogen (secondary N) is 1. The van der Waals surface area contributed by atoms with E-state index in [1.54, 1.807) is 17.0 Å². The topological polar surface area (TPSA) is 52.9 Å². The molecule has 0 aliphatic carbocycles. The fourth-order valence-electron chi connectivity index (χ4n) is 4.01. The average Bonchev–Trinajstić information content (AvgIpc) is 3.13. The van der Waals surface area contributed by atoms with Gasteiger partial charge in [0.2, 0.25) is 0 Å².